The molecule has 1 aromatic carbocycles. The molecule has 0 fully saturated rings. The quantitative estimate of drug-likeness (QED) is 0.779. The van der Waals surface area contributed by atoms with E-state index in [4.69, 9.17) is 0 Å². The lowest BCUT2D eigenvalue weighted by molar-refractivity contribution is -0.116. The molecule has 0 saturated carbocycles. The number of likely N-dealkylation sites (N-methyl/N-ethyl adjacent to an activating group) is 1. The molecule has 2 aromatic rings. The average Bonchev–Trinajstić information content (AvgIpc) is 2.54. The predicted molar refractivity (Wildman–Crippen MR) is 97.0 cm³/mol. The van der Waals surface area contributed by atoms with Crippen molar-refractivity contribution in [1.82, 2.24) is 9.29 Å². The Bertz CT molecular complexity index is 1020. The van der Waals surface area contributed by atoms with Gasteiger partial charge >= 0.3 is 0 Å². The van der Waals surface area contributed by atoms with Crippen LogP contribution in [0.25, 0.3) is 0 Å². The number of aryl methyl sites for hydroxylation is 1. The van der Waals surface area contributed by atoms with Gasteiger partial charge in [0.25, 0.3) is 0 Å². The fraction of sp³-hybridized carbons (Fsp3) is 0.250. The van der Waals surface area contributed by atoms with E-state index < -0.39 is 32.3 Å². The number of anilines is 1. The molecule has 0 saturated heterocycles. The number of nitrogens with zero attached hydrogens (tertiary/aromatic N) is 2. The molecule has 0 atom stereocenters. The number of pyridine rings is 1. The summed E-state index contributed by atoms with van der Waals surface area (Å²) in [6.45, 7) is 1.43. The van der Waals surface area contributed by atoms with Crippen molar-refractivity contribution in [2.24, 2.45) is 0 Å². The Balaban J connectivity index is 2.12. The van der Waals surface area contributed by atoms with Gasteiger partial charge in [-0.2, -0.15) is 4.31 Å². The first kappa shape index (κ1) is 20.0. The number of aromatic nitrogens is 1. The molecular formula is C16H19N3O5S2. The molecule has 0 bridgehead atoms. The first-order valence-electron chi connectivity index (χ1n) is 7.49. The number of hydrogen-bond acceptors (Lipinski definition) is 6. The Hall–Kier alpha value is -2.30. The number of sulfonamides is 1. The van der Waals surface area contributed by atoms with Gasteiger partial charge in [0.05, 0.1) is 16.3 Å². The molecule has 0 aliphatic heterocycles. The molecule has 1 N–H and O–H groups in total. The van der Waals surface area contributed by atoms with Gasteiger partial charge < -0.3 is 5.32 Å². The zero-order chi connectivity index (χ0) is 19.5. The summed E-state index contributed by atoms with van der Waals surface area (Å²) in [6.07, 6.45) is 2.57. The summed E-state index contributed by atoms with van der Waals surface area (Å²) in [7, 11) is -6.09. The van der Waals surface area contributed by atoms with E-state index in [-0.39, 0.29) is 9.79 Å². The van der Waals surface area contributed by atoms with E-state index in [1.165, 1.54) is 37.5 Å². The van der Waals surface area contributed by atoms with Crippen molar-refractivity contribution >= 4 is 31.6 Å². The van der Waals surface area contributed by atoms with Crippen LogP contribution in [0.15, 0.2) is 52.4 Å². The molecule has 2 rings (SSSR count). The molecule has 0 aliphatic carbocycles. The summed E-state index contributed by atoms with van der Waals surface area (Å²) in [6, 6.07) is 8.26. The van der Waals surface area contributed by atoms with E-state index >= 15 is 0 Å². The van der Waals surface area contributed by atoms with Gasteiger partial charge in [-0.05, 0) is 48.9 Å². The fourth-order valence-electron chi connectivity index (χ4n) is 2.11. The number of rotatable bonds is 6. The molecule has 1 amide bonds. The summed E-state index contributed by atoms with van der Waals surface area (Å²) < 4.78 is 48.8. The number of benzene rings is 1. The number of sulfone groups is 1. The molecule has 0 unspecified atom stereocenters. The van der Waals surface area contributed by atoms with Crippen LogP contribution in [0, 0.1) is 6.92 Å². The summed E-state index contributed by atoms with van der Waals surface area (Å²) in [5.74, 6) is -0.208. The van der Waals surface area contributed by atoms with Crippen molar-refractivity contribution in [3.63, 3.8) is 0 Å². The van der Waals surface area contributed by atoms with E-state index in [1.54, 1.807) is 12.1 Å². The summed E-state index contributed by atoms with van der Waals surface area (Å²) in [5, 5.41) is 2.53. The second-order valence-corrected chi connectivity index (χ2v) is 9.83. The summed E-state index contributed by atoms with van der Waals surface area (Å²) in [4.78, 5) is 16.0. The van der Waals surface area contributed by atoms with Crippen LogP contribution in [0.5, 0.6) is 0 Å². The van der Waals surface area contributed by atoms with Crippen LogP contribution in [0.3, 0.4) is 0 Å². The summed E-state index contributed by atoms with van der Waals surface area (Å²) >= 11 is 0. The minimum Gasteiger partial charge on any atom is -0.310 e. The van der Waals surface area contributed by atoms with Crippen molar-refractivity contribution in [2.45, 2.75) is 16.7 Å². The minimum atomic E-state index is -3.94. The molecule has 1 aromatic heterocycles. The van der Waals surface area contributed by atoms with Crippen molar-refractivity contribution in [1.29, 1.82) is 0 Å². The molecular weight excluding hydrogens is 378 g/mol. The Labute approximate surface area is 152 Å². The number of carbonyl (C=O) groups is 1. The third-order valence-electron chi connectivity index (χ3n) is 3.51. The largest absolute Gasteiger partial charge is 0.310 e. The first-order valence-corrected chi connectivity index (χ1v) is 10.8. The van der Waals surface area contributed by atoms with Gasteiger partial charge in [-0.1, -0.05) is 0 Å². The highest BCUT2D eigenvalue weighted by molar-refractivity contribution is 7.90. The lowest BCUT2D eigenvalue weighted by Gasteiger charge is -2.17. The Kier molecular flexibility index (Phi) is 5.79. The van der Waals surface area contributed by atoms with E-state index in [9.17, 15) is 21.6 Å². The van der Waals surface area contributed by atoms with Crippen LogP contribution in [0.4, 0.5) is 5.82 Å². The van der Waals surface area contributed by atoms with Gasteiger partial charge in [0, 0.05) is 19.5 Å². The maximum Gasteiger partial charge on any atom is 0.243 e. The second-order valence-electron chi connectivity index (χ2n) is 5.77. The van der Waals surface area contributed by atoms with Crippen molar-refractivity contribution < 1.29 is 21.6 Å². The van der Waals surface area contributed by atoms with Crippen LogP contribution < -0.4 is 5.32 Å². The third-order valence-corrected chi connectivity index (χ3v) is 6.46. The van der Waals surface area contributed by atoms with Crippen LogP contribution in [0.2, 0.25) is 0 Å². The highest BCUT2D eigenvalue weighted by Crippen LogP contribution is 2.17. The molecule has 0 aliphatic rings. The van der Waals surface area contributed by atoms with Gasteiger partial charge in [-0.15, -0.1) is 0 Å². The predicted octanol–water partition coefficient (Wildman–Crippen LogP) is 1.05. The summed E-state index contributed by atoms with van der Waals surface area (Å²) in [5.41, 5.74) is 0.905. The molecule has 1 heterocycles. The highest BCUT2D eigenvalue weighted by atomic mass is 32.2. The molecule has 26 heavy (non-hydrogen) atoms. The monoisotopic (exact) mass is 397 g/mol. The van der Waals surface area contributed by atoms with Crippen LogP contribution in [-0.4, -0.2) is 51.9 Å². The van der Waals surface area contributed by atoms with E-state index in [0.717, 1.165) is 16.1 Å². The topological polar surface area (TPSA) is 114 Å². The zero-order valence-corrected chi connectivity index (χ0v) is 16.1. The van der Waals surface area contributed by atoms with Gasteiger partial charge in [0.1, 0.15) is 5.82 Å². The zero-order valence-electron chi connectivity index (χ0n) is 14.5. The molecule has 140 valence electrons. The maximum absolute atomic E-state index is 12.5. The lowest BCUT2D eigenvalue weighted by Crippen LogP contribution is -2.35. The van der Waals surface area contributed by atoms with Crippen molar-refractivity contribution in [3.05, 3.63) is 48.2 Å². The normalized spacial score (nSPS) is 12.2. The van der Waals surface area contributed by atoms with Crippen LogP contribution in [-0.2, 0) is 24.7 Å². The van der Waals surface area contributed by atoms with Crippen LogP contribution in [0.1, 0.15) is 5.56 Å². The number of amides is 1. The number of carbonyl (C=O) groups excluding carboxylic acids is 1. The Morgan fingerprint density at radius 2 is 1.65 bits per heavy atom. The number of hydrogen-bond donors (Lipinski definition) is 1. The minimum absolute atomic E-state index is 0.0161. The van der Waals surface area contributed by atoms with E-state index in [0.29, 0.717) is 5.82 Å². The Morgan fingerprint density at radius 3 is 2.19 bits per heavy atom. The second kappa shape index (κ2) is 7.52. The average molecular weight is 397 g/mol. The number of nitrogens with one attached hydrogen (secondary N) is 1. The highest BCUT2D eigenvalue weighted by Gasteiger charge is 2.23. The molecule has 10 heteroatoms. The van der Waals surface area contributed by atoms with Crippen molar-refractivity contribution in [2.75, 3.05) is 25.2 Å². The first-order chi connectivity index (χ1) is 12.0. The van der Waals surface area contributed by atoms with Gasteiger partial charge in [0.2, 0.25) is 15.9 Å². The van der Waals surface area contributed by atoms with E-state index in [1.807, 2.05) is 6.92 Å². The smallest absolute Gasteiger partial charge is 0.243 e. The van der Waals surface area contributed by atoms with Crippen LogP contribution >= 0.6 is 0 Å². The fourth-order valence-corrected chi connectivity index (χ4v) is 3.87. The van der Waals surface area contributed by atoms with Crippen molar-refractivity contribution in [3.8, 4) is 0 Å². The SMILES string of the molecule is Cc1ccnc(NC(=O)CN(C)S(=O)(=O)c2ccc(S(C)(=O)=O)cc2)c1. The maximum atomic E-state index is 12.5. The Morgan fingerprint density at radius 1 is 1.08 bits per heavy atom. The molecule has 0 spiro atoms. The standard InChI is InChI=1S/C16H19N3O5S2/c1-12-8-9-17-15(10-12)18-16(20)11-19(2)26(23,24)14-6-4-13(5-7-14)25(3,21)22/h4-10H,11H2,1-3H3,(H,17,18,20). The molecule has 0 radical (unpaired) electrons. The van der Waals surface area contributed by atoms with E-state index in [2.05, 4.69) is 10.3 Å². The van der Waals surface area contributed by atoms with Gasteiger partial charge in [-0.3, -0.25) is 4.79 Å². The third kappa shape index (κ3) is 4.87. The van der Waals surface area contributed by atoms with Gasteiger partial charge in [-0.25, -0.2) is 21.8 Å². The molecule has 8 nitrogen and oxygen atoms in total. The van der Waals surface area contributed by atoms with Gasteiger partial charge in [0.15, 0.2) is 9.84 Å². The lowest BCUT2D eigenvalue weighted by atomic mass is 10.3.